The van der Waals surface area contributed by atoms with Crippen LogP contribution >= 0.6 is 12.4 Å². The third-order valence-electron chi connectivity index (χ3n) is 6.40. The molecule has 0 bridgehead atoms. The Labute approximate surface area is 171 Å². The fourth-order valence-electron chi connectivity index (χ4n) is 4.97. The minimum Gasteiger partial charge on any atom is -0.379 e. The zero-order valence-electron chi connectivity index (χ0n) is 16.8. The van der Waals surface area contributed by atoms with Crippen molar-refractivity contribution in [2.24, 2.45) is 0 Å². The number of aromatic nitrogens is 2. The van der Waals surface area contributed by atoms with E-state index in [9.17, 15) is 9.28 Å². The second-order valence-corrected chi connectivity index (χ2v) is 8.08. The van der Waals surface area contributed by atoms with Gasteiger partial charge in [-0.3, -0.25) is 4.57 Å². The van der Waals surface area contributed by atoms with E-state index in [0.29, 0.717) is 22.5 Å². The first kappa shape index (κ1) is 21.3. The quantitative estimate of drug-likeness (QED) is 0.755. The smallest absolute Gasteiger partial charge is 0.357 e. The largest absolute Gasteiger partial charge is 0.379 e. The Morgan fingerprint density at radius 2 is 1.71 bits per heavy atom. The Morgan fingerprint density at radius 1 is 1.04 bits per heavy atom. The van der Waals surface area contributed by atoms with Gasteiger partial charge >= 0.3 is 5.69 Å². The summed E-state index contributed by atoms with van der Waals surface area (Å²) in [5.41, 5.74) is 1.61. The fourth-order valence-corrected chi connectivity index (χ4v) is 4.97. The fraction of sp³-hybridized carbons (Fsp3) is 0.667. The standard InChI is InChI=1S/C21H30FN3O2.ClH/c1-3-27-18-7-5-16(6-8-18)23-12-10-17(11-13-23)24-20-14-15(2)4-9-19(20)25(22)21(24)26;/h4,9,14,16-18H,3,5-8,10-13H2,1-2H3;1H. The molecule has 2 aromatic rings. The van der Waals surface area contributed by atoms with Gasteiger partial charge in [-0.25, -0.2) is 4.79 Å². The van der Waals surface area contributed by atoms with Crippen molar-refractivity contribution in [3.8, 4) is 0 Å². The number of hydrogen-bond donors (Lipinski definition) is 0. The van der Waals surface area contributed by atoms with Crippen LogP contribution in [0.15, 0.2) is 23.0 Å². The molecule has 1 aromatic carbocycles. The van der Waals surface area contributed by atoms with Gasteiger partial charge in [0.15, 0.2) is 0 Å². The van der Waals surface area contributed by atoms with Crippen molar-refractivity contribution in [3.05, 3.63) is 34.2 Å². The van der Waals surface area contributed by atoms with Crippen LogP contribution in [0.1, 0.15) is 57.1 Å². The van der Waals surface area contributed by atoms with Gasteiger partial charge in [-0.1, -0.05) is 10.5 Å². The SMILES string of the molecule is CCOC1CCC(N2CCC(n3c(=O)n(F)c4ccc(C)cc43)CC2)CC1.Cl. The molecule has 1 saturated heterocycles. The van der Waals surface area contributed by atoms with Gasteiger partial charge in [-0.2, -0.15) is 0 Å². The number of rotatable bonds is 4. The number of fused-ring (bicyclic) bond motifs is 1. The molecule has 2 fully saturated rings. The average molecular weight is 412 g/mol. The van der Waals surface area contributed by atoms with E-state index in [4.69, 9.17) is 4.74 Å². The van der Waals surface area contributed by atoms with Crippen LogP contribution in [0, 0.1) is 6.92 Å². The molecule has 1 aliphatic carbocycles. The summed E-state index contributed by atoms with van der Waals surface area (Å²) in [7, 11) is 0. The third kappa shape index (κ3) is 4.00. The number of piperidine rings is 1. The lowest BCUT2D eigenvalue weighted by Gasteiger charge is -2.40. The molecule has 0 unspecified atom stereocenters. The highest BCUT2D eigenvalue weighted by atomic mass is 35.5. The molecule has 1 aromatic heterocycles. The molecule has 156 valence electrons. The summed E-state index contributed by atoms with van der Waals surface area (Å²) in [5.74, 6) is 0. The van der Waals surface area contributed by atoms with Crippen molar-refractivity contribution in [3.63, 3.8) is 0 Å². The average Bonchev–Trinajstić information content (AvgIpc) is 2.93. The van der Waals surface area contributed by atoms with Crippen molar-refractivity contribution >= 4 is 23.4 Å². The van der Waals surface area contributed by atoms with E-state index in [0.717, 1.165) is 56.5 Å². The van der Waals surface area contributed by atoms with Gasteiger partial charge in [0.1, 0.15) is 5.52 Å². The second-order valence-electron chi connectivity index (χ2n) is 8.08. The number of aryl methyl sites for hydroxylation is 1. The van der Waals surface area contributed by atoms with E-state index in [1.807, 2.05) is 19.1 Å². The molecule has 0 amide bonds. The summed E-state index contributed by atoms with van der Waals surface area (Å²) >= 11 is 0. The van der Waals surface area contributed by atoms with Crippen LogP contribution in [0.25, 0.3) is 11.0 Å². The topological polar surface area (TPSA) is 39.4 Å². The minimum atomic E-state index is -0.536. The van der Waals surface area contributed by atoms with Gasteiger partial charge in [0.05, 0.1) is 11.6 Å². The summed E-state index contributed by atoms with van der Waals surface area (Å²) in [6.45, 7) is 6.80. The van der Waals surface area contributed by atoms with Gasteiger partial charge in [0.25, 0.3) is 0 Å². The number of ether oxygens (including phenoxy) is 1. The van der Waals surface area contributed by atoms with E-state index in [1.165, 1.54) is 12.8 Å². The monoisotopic (exact) mass is 411 g/mol. The molecule has 28 heavy (non-hydrogen) atoms. The van der Waals surface area contributed by atoms with Crippen LogP contribution < -0.4 is 5.69 Å². The molecule has 2 aliphatic rings. The maximum Gasteiger partial charge on any atom is 0.357 e. The molecule has 4 rings (SSSR count). The van der Waals surface area contributed by atoms with Crippen molar-refractivity contribution < 1.29 is 9.22 Å². The molecule has 1 saturated carbocycles. The number of benzene rings is 1. The Hall–Kier alpha value is -1.37. The Morgan fingerprint density at radius 3 is 2.36 bits per heavy atom. The van der Waals surface area contributed by atoms with Crippen molar-refractivity contribution in [1.29, 1.82) is 0 Å². The second kappa shape index (κ2) is 8.97. The molecule has 7 heteroatoms. The third-order valence-corrected chi connectivity index (χ3v) is 6.40. The van der Waals surface area contributed by atoms with E-state index >= 15 is 0 Å². The number of nitrogens with zero attached hydrogens (tertiary/aromatic N) is 3. The lowest BCUT2D eigenvalue weighted by molar-refractivity contribution is 0.00791. The highest BCUT2D eigenvalue weighted by molar-refractivity contribution is 5.85. The van der Waals surface area contributed by atoms with Crippen LogP contribution in [0.3, 0.4) is 0 Å². The highest BCUT2D eigenvalue weighted by Gasteiger charge is 2.31. The molecular weight excluding hydrogens is 381 g/mol. The molecule has 1 aliphatic heterocycles. The molecule has 0 atom stereocenters. The van der Waals surface area contributed by atoms with E-state index < -0.39 is 5.69 Å². The number of halogens is 2. The maximum atomic E-state index is 14.3. The lowest BCUT2D eigenvalue weighted by Crippen LogP contribution is -2.45. The molecular formula is C21H31ClFN3O2. The maximum absolute atomic E-state index is 14.3. The summed E-state index contributed by atoms with van der Waals surface area (Å²) < 4.78 is 21.8. The summed E-state index contributed by atoms with van der Waals surface area (Å²) in [4.78, 5) is 15.4. The van der Waals surface area contributed by atoms with Crippen molar-refractivity contribution in [2.75, 3.05) is 19.7 Å². The van der Waals surface area contributed by atoms with Gasteiger partial charge in [-0.15, -0.1) is 17.2 Å². The first-order valence-electron chi connectivity index (χ1n) is 10.3. The van der Waals surface area contributed by atoms with Crippen LogP contribution in [0.4, 0.5) is 4.48 Å². The molecule has 0 spiro atoms. The zero-order valence-corrected chi connectivity index (χ0v) is 17.6. The Balaban J connectivity index is 0.00000225. The van der Waals surface area contributed by atoms with Crippen LogP contribution in [0.5, 0.6) is 0 Å². The van der Waals surface area contributed by atoms with Gasteiger partial charge in [0, 0.05) is 31.8 Å². The molecule has 0 radical (unpaired) electrons. The number of imidazole rings is 1. The highest BCUT2D eigenvalue weighted by Crippen LogP contribution is 2.31. The van der Waals surface area contributed by atoms with E-state index in [-0.39, 0.29) is 18.4 Å². The van der Waals surface area contributed by atoms with E-state index in [1.54, 1.807) is 10.6 Å². The van der Waals surface area contributed by atoms with Crippen LogP contribution in [0.2, 0.25) is 0 Å². The van der Waals surface area contributed by atoms with Gasteiger partial charge < -0.3 is 9.64 Å². The van der Waals surface area contributed by atoms with Crippen LogP contribution in [-0.2, 0) is 4.74 Å². The predicted octanol–water partition coefficient (Wildman–Crippen LogP) is 4.25. The first-order valence-corrected chi connectivity index (χ1v) is 10.3. The minimum absolute atomic E-state index is 0. The normalized spacial score (nSPS) is 24.4. The summed E-state index contributed by atoms with van der Waals surface area (Å²) in [6.07, 6.45) is 6.91. The summed E-state index contributed by atoms with van der Waals surface area (Å²) in [6, 6.07) is 6.19. The van der Waals surface area contributed by atoms with Crippen molar-refractivity contribution in [1.82, 2.24) is 14.3 Å². The van der Waals surface area contributed by atoms with Gasteiger partial charge in [-0.05, 0) is 70.1 Å². The summed E-state index contributed by atoms with van der Waals surface area (Å²) in [5, 5.41) is 0. The lowest BCUT2D eigenvalue weighted by atomic mass is 9.90. The molecule has 2 heterocycles. The Bertz CT molecular complexity index is 849. The Kier molecular flexibility index (Phi) is 6.84. The predicted molar refractivity (Wildman–Crippen MR) is 112 cm³/mol. The number of hydrogen-bond acceptors (Lipinski definition) is 3. The molecule has 5 nitrogen and oxygen atoms in total. The zero-order chi connectivity index (χ0) is 19.0. The molecule has 0 N–H and O–H groups in total. The number of likely N-dealkylation sites (tertiary alicyclic amines) is 1. The van der Waals surface area contributed by atoms with Crippen molar-refractivity contribution in [2.45, 2.75) is 70.6 Å². The van der Waals surface area contributed by atoms with Gasteiger partial charge in [0.2, 0.25) is 0 Å². The van der Waals surface area contributed by atoms with E-state index in [2.05, 4.69) is 11.8 Å². The first-order chi connectivity index (χ1) is 13.1. The van der Waals surface area contributed by atoms with Crippen LogP contribution in [-0.4, -0.2) is 46.1 Å².